The summed E-state index contributed by atoms with van der Waals surface area (Å²) < 4.78 is 10.8. The Morgan fingerprint density at radius 1 is 0.805 bits per heavy atom. The van der Waals surface area contributed by atoms with Crippen LogP contribution in [0.3, 0.4) is 0 Å². The van der Waals surface area contributed by atoms with E-state index in [0.717, 1.165) is 32.8 Å². The fraction of sp³-hybridized carbons (Fsp3) is 0.182. The maximum absolute atomic E-state index is 14.2. The first-order chi connectivity index (χ1) is 20.1. The van der Waals surface area contributed by atoms with Gasteiger partial charge in [0.25, 0.3) is 5.91 Å². The lowest BCUT2D eigenvalue weighted by molar-refractivity contribution is -0.124. The summed E-state index contributed by atoms with van der Waals surface area (Å²) in [6.45, 7) is 0.416. The second kappa shape index (κ2) is 11.2. The van der Waals surface area contributed by atoms with Crippen molar-refractivity contribution in [2.75, 3.05) is 25.3 Å². The number of nitrogens with zero attached hydrogens (tertiary/aromatic N) is 2. The lowest BCUT2D eigenvalue weighted by Gasteiger charge is -2.38. The summed E-state index contributed by atoms with van der Waals surface area (Å²) in [5.74, 6) is -0.623. The molecular weight excluding hydrogens is 518 g/mol. The Morgan fingerprint density at radius 3 is 2.05 bits per heavy atom. The van der Waals surface area contributed by atoms with Crippen molar-refractivity contribution in [3.63, 3.8) is 0 Å². The SMILES string of the molecule is COC(=O)NN(C(=O)C1c2ccccc2CCN1C(=O)OCC1c2ccccc2-c2ccccc21)c1ccccc1. The molecule has 8 nitrogen and oxygen atoms in total. The average molecular weight is 548 g/mol. The molecule has 0 saturated heterocycles. The molecule has 1 N–H and O–H groups in total. The highest BCUT2D eigenvalue weighted by molar-refractivity contribution is 6.01. The Hall–Kier alpha value is -5.11. The summed E-state index contributed by atoms with van der Waals surface area (Å²) >= 11 is 0. The molecule has 1 aliphatic heterocycles. The number of hydrazine groups is 1. The molecule has 1 atom stereocenters. The molecule has 0 spiro atoms. The minimum Gasteiger partial charge on any atom is -0.452 e. The average Bonchev–Trinajstić information content (AvgIpc) is 3.35. The summed E-state index contributed by atoms with van der Waals surface area (Å²) in [5, 5.41) is 1.13. The minimum absolute atomic E-state index is 0.112. The van der Waals surface area contributed by atoms with Gasteiger partial charge in [-0.3, -0.25) is 9.69 Å². The molecule has 3 amide bonds. The third kappa shape index (κ3) is 4.89. The summed E-state index contributed by atoms with van der Waals surface area (Å²) in [5.41, 5.74) is 9.07. The van der Waals surface area contributed by atoms with Crippen LogP contribution in [0.15, 0.2) is 103 Å². The van der Waals surface area contributed by atoms with E-state index in [4.69, 9.17) is 9.47 Å². The molecule has 0 aromatic heterocycles. The Kier molecular flexibility index (Phi) is 7.12. The maximum Gasteiger partial charge on any atom is 0.426 e. The van der Waals surface area contributed by atoms with Crippen molar-refractivity contribution in [2.24, 2.45) is 0 Å². The van der Waals surface area contributed by atoms with E-state index in [-0.39, 0.29) is 19.1 Å². The zero-order valence-corrected chi connectivity index (χ0v) is 22.5. The van der Waals surface area contributed by atoms with Crippen LogP contribution >= 0.6 is 0 Å². The van der Waals surface area contributed by atoms with Gasteiger partial charge in [0.1, 0.15) is 12.6 Å². The lowest BCUT2D eigenvalue weighted by atomic mass is 9.92. The monoisotopic (exact) mass is 547 g/mol. The molecule has 1 aliphatic carbocycles. The van der Waals surface area contributed by atoms with E-state index >= 15 is 0 Å². The van der Waals surface area contributed by atoms with Gasteiger partial charge in [-0.15, -0.1) is 0 Å². The Morgan fingerprint density at radius 2 is 1.39 bits per heavy atom. The van der Waals surface area contributed by atoms with Crippen LogP contribution in [0.25, 0.3) is 11.1 Å². The molecule has 1 heterocycles. The molecular formula is C33H29N3O5. The number of carbonyl (C=O) groups excluding carboxylic acids is 3. The van der Waals surface area contributed by atoms with Crippen LogP contribution in [0.4, 0.5) is 15.3 Å². The predicted molar refractivity (Wildman–Crippen MR) is 154 cm³/mol. The van der Waals surface area contributed by atoms with Crippen LogP contribution in [0.1, 0.15) is 34.2 Å². The Bertz CT molecular complexity index is 1560. The lowest BCUT2D eigenvalue weighted by Crippen LogP contribution is -2.54. The molecule has 206 valence electrons. The highest BCUT2D eigenvalue weighted by atomic mass is 16.6. The summed E-state index contributed by atoms with van der Waals surface area (Å²) in [7, 11) is 1.22. The van der Waals surface area contributed by atoms with Gasteiger partial charge in [-0.25, -0.2) is 20.0 Å². The molecule has 0 saturated carbocycles. The summed E-state index contributed by atoms with van der Waals surface area (Å²) in [6, 6.07) is 31.5. The van der Waals surface area contributed by atoms with Crippen molar-refractivity contribution < 1.29 is 23.9 Å². The van der Waals surface area contributed by atoms with E-state index in [9.17, 15) is 14.4 Å². The topological polar surface area (TPSA) is 88.2 Å². The first-order valence-electron chi connectivity index (χ1n) is 13.5. The first kappa shape index (κ1) is 26.1. The number of carbonyl (C=O) groups is 3. The Balaban J connectivity index is 1.30. The van der Waals surface area contributed by atoms with E-state index < -0.39 is 24.1 Å². The molecule has 0 fully saturated rings. The van der Waals surface area contributed by atoms with E-state index in [1.165, 1.54) is 12.0 Å². The molecule has 4 aromatic rings. The number of fused-ring (bicyclic) bond motifs is 4. The van der Waals surface area contributed by atoms with Crippen LogP contribution in [-0.2, 0) is 20.7 Å². The second-order valence-corrected chi connectivity index (χ2v) is 9.96. The standard InChI is InChI=1S/C33H29N3O5/c1-40-32(38)34-36(23-12-3-2-4-13-23)31(37)30-24-14-6-5-11-22(24)19-20-35(30)33(39)41-21-29-27-17-9-7-15-25(27)26-16-8-10-18-28(26)29/h2-18,29-30H,19-21H2,1H3,(H,34,38). The Labute approximate surface area is 238 Å². The number of rotatable bonds is 4. The van der Waals surface area contributed by atoms with E-state index in [1.54, 1.807) is 24.3 Å². The first-order valence-corrected chi connectivity index (χ1v) is 13.5. The van der Waals surface area contributed by atoms with Gasteiger partial charge < -0.3 is 9.47 Å². The van der Waals surface area contributed by atoms with E-state index in [2.05, 4.69) is 29.7 Å². The molecule has 1 unspecified atom stereocenters. The van der Waals surface area contributed by atoms with Crippen molar-refractivity contribution in [3.8, 4) is 11.1 Å². The predicted octanol–water partition coefficient (Wildman–Crippen LogP) is 5.84. The number of ether oxygens (including phenoxy) is 2. The van der Waals surface area contributed by atoms with Crippen molar-refractivity contribution >= 4 is 23.8 Å². The van der Waals surface area contributed by atoms with Gasteiger partial charge in [0.2, 0.25) is 0 Å². The number of hydrogen-bond acceptors (Lipinski definition) is 5. The van der Waals surface area contributed by atoms with E-state index in [1.807, 2.05) is 54.6 Å². The summed E-state index contributed by atoms with van der Waals surface area (Å²) in [4.78, 5) is 41.7. The van der Waals surface area contributed by atoms with Crippen LogP contribution in [0, 0.1) is 0 Å². The maximum atomic E-state index is 14.2. The van der Waals surface area contributed by atoms with E-state index in [0.29, 0.717) is 17.7 Å². The van der Waals surface area contributed by atoms with Crippen molar-refractivity contribution in [2.45, 2.75) is 18.4 Å². The number of anilines is 1. The molecule has 6 rings (SSSR count). The van der Waals surface area contributed by atoms with Crippen molar-refractivity contribution in [3.05, 3.63) is 125 Å². The molecule has 4 aromatic carbocycles. The van der Waals surface area contributed by atoms with Gasteiger partial charge in [-0.1, -0.05) is 91.0 Å². The van der Waals surface area contributed by atoms with Crippen LogP contribution in [0.2, 0.25) is 0 Å². The smallest absolute Gasteiger partial charge is 0.426 e. The van der Waals surface area contributed by atoms with Crippen molar-refractivity contribution in [1.29, 1.82) is 0 Å². The zero-order valence-electron chi connectivity index (χ0n) is 22.5. The minimum atomic E-state index is -1.02. The molecule has 41 heavy (non-hydrogen) atoms. The largest absolute Gasteiger partial charge is 0.452 e. The highest BCUT2D eigenvalue weighted by Gasteiger charge is 2.41. The number of methoxy groups -OCH3 is 1. The molecule has 2 aliphatic rings. The normalized spacial score (nSPS) is 15.2. The number of benzene rings is 4. The molecule has 0 radical (unpaired) electrons. The fourth-order valence-electron chi connectivity index (χ4n) is 5.79. The number of hydrogen-bond donors (Lipinski definition) is 1. The van der Waals surface area contributed by atoms with Gasteiger partial charge in [0.15, 0.2) is 0 Å². The van der Waals surface area contributed by atoms with Crippen LogP contribution in [0.5, 0.6) is 0 Å². The van der Waals surface area contributed by atoms with Crippen LogP contribution in [-0.4, -0.2) is 43.3 Å². The zero-order chi connectivity index (χ0) is 28.3. The summed E-state index contributed by atoms with van der Waals surface area (Å²) in [6.07, 6.45) is -0.829. The number of para-hydroxylation sites is 1. The van der Waals surface area contributed by atoms with Gasteiger partial charge in [0, 0.05) is 12.5 Å². The fourth-order valence-corrected chi connectivity index (χ4v) is 5.79. The van der Waals surface area contributed by atoms with Gasteiger partial charge in [0.05, 0.1) is 12.8 Å². The third-order valence-corrected chi connectivity index (χ3v) is 7.71. The third-order valence-electron chi connectivity index (χ3n) is 7.71. The van der Waals surface area contributed by atoms with Gasteiger partial charge >= 0.3 is 12.2 Å². The van der Waals surface area contributed by atoms with Gasteiger partial charge in [-0.05, 0) is 51.9 Å². The van der Waals surface area contributed by atoms with Crippen LogP contribution < -0.4 is 10.4 Å². The molecule has 0 bridgehead atoms. The number of nitrogens with one attached hydrogen (secondary N) is 1. The second-order valence-electron chi connectivity index (χ2n) is 9.96. The number of amides is 3. The highest BCUT2D eigenvalue weighted by Crippen LogP contribution is 2.44. The van der Waals surface area contributed by atoms with Gasteiger partial charge in [-0.2, -0.15) is 0 Å². The molecule has 8 heteroatoms. The van der Waals surface area contributed by atoms with Crippen molar-refractivity contribution in [1.82, 2.24) is 10.3 Å². The quantitative estimate of drug-likeness (QED) is 0.325.